The average Bonchev–Trinajstić information content (AvgIpc) is 2.92. The molecule has 3 aromatic rings. The van der Waals surface area contributed by atoms with Crippen molar-refractivity contribution in [1.29, 1.82) is 0 Å². The van der Waals surface area contributed by atoms with E-state index in [9.17, 15) is 4.57 Å². The van der Waals surface area contributed by atoms with Crippen molar-refractivity contribution in [3.63, 3.8) is 0 Å². The van der Waals surface area contributed by atoms with Gasteiger partial charge in [-0.1, -0.05) is 35.8 Å². The summed E-state index contributed by atoms with van der Waals surface area (Å²) in [5.41, 5.74) is 1.70. The Balaban J connectivity index is 1.50. The molecule has 200 valence electrons. The molecule has 2 aromatic carbocycles. The maximum atomic E-state index is 12.7. The molecule has 1 fully saturated rings. The number of rotatable bonds is 11. The Morgan fingerprint density at radius 3 is 2.57 bits per heavy atom. The second-order valence-electron chi connectivity index (χ2n) is 9.35. The molecule has 2 atom stereocenters. The van der Waals surface area contributed by atoms with Gasteiger partial charge in [0.1, 0.15) is 18.2 Å². The Kier molecular flexibility index (Phi) is 9.46. The topological polar surface area (TPSA) is 85.8 Å². The molecular formula is C27H36BrN4O4P. The van der Waals surface area contributed by atoms with Crippen LogP contribution in [0.5, 0.6) is 11.5 Å². The van der Waals surface area contributed by atoms with E-state index in [0.717, 1.165) is 53.4 Å². The van der Waals surface area contributed by atoms with E-state index in [2.05, 4.69) is 43.0 Å². The lowest BCUT2D eigenvalue weighted by molar-refractivity contribution is 0.0768. The minimum Gasteiger partial charge on any atom is -0.493 e. The molecule has 8 nitrogen and oxygen atoms in total. The third-order valence-corrected chi connectivity index (χ3v) is 10.0. The number of aromatic nitrogens is 2. The van der Waals surface area contributed by atoms with Crippen LogP contribution in [0.4, 0.5) is 11.5 Å². The van der Waals surface area contributed by atoms with Crippen molar-refractivity contribution in [2.45, 2.75) is 39.2 Å². The highest BCUT2D eigenvalue weighted by Crippen LogP contribution is 2.46. The molecule has 10 heteroatoms. The summed E-state index contributed by atoms with van der Waals surface area (Å²) < 4.78 is 31.4. The van der Waals surface area contributed by atoms with Gasteiger partial charge in [0, 0.05) is 34.9 Å². The fraction of sp³-hybridized carbons (Fsp3) is 0.481. The summed E-state index contributed by atoms with van der Waals surface area (Å²) in [4.78, 5) is 11.2. The molecule has 2 heterocycles. The third kappa shape index (κ3) is 6.82. The molecule has 1 saturated heterocycles. The first kappa shape index (κ1) is 27.8. The highest BCUT2D eigenvalue weighted by molar-refractivity contribution is 9.10. The summed E-state index contributed by atoms with van der Waals surface area (Å²) in [7, 11) is 0.649. The van der Waals surface area contributed by atoms with Crippen LogP contribution in [-0.4, -0.2) is 60.7 Å². The van der Waals surface area contributed by atoms with Gasteiger partial charge in [-0.25, -0.2) is 9.97 Å². The van der Waals surface area contributed by atoms with E-state index in [4.69, 9.17) is 14.0 Å². The molecule has 1 aliphatic rings. The van der Waals surface area contributed by atoms with Gasteiger partial charge in [0.05, 0.1) is 18.9 Å². The molecule has 37 heavy (non-hydrogen) atoms. The first-order valence-electron chi connectivity index (χ1n) is 12.8. The first-order chi connectivity index (χ1) is 17.9. The van der Waals surface area contributed by atoms with Crippen molar-refractivity contribution in [2.24, 2.45) is 5.92 Å². The molecule has 1 N–H and O–H groups in total. The highest BCUT2D eigenvalue weighted by atomic mass is 79.9. The second kappa shape index (κ2) is 12.6. The summed E-state index contributed by atoms with van der Waals surface area (Å²) in [5, 5.41) is 4.23. The minimum atomic E-state index is -2.56. The third-order valence-electron chi connectivity index (χ3n) is 7.08. The van der Waals surface area contributed by atoms with Gasteiger partial charge in [-0.05, 0) is 62.5 Å². The number of hydrogen-bond donors (Lipinski definition) is 1. The number of ether oxygens (including phenoxy) is 2. The Labute approximate surface area is 227 Å². The number of hydrogen-bond acceptors (Lipinski definition) is 8. The summed E-state index contributed by atoms with van der Waals surface area (Å²) >= 11 is 3.51. The molecule has 4 rings (SSSR count). The van der Waals surface area contributed by atoms with Crippen LogP contribution in [0.3, 0.4) is 0 Å². The molecule has 0 saturated carbocycles. The molecule has 0 aliphatic carbocycles. The molecule has 0 amide bonds. The minimum absolute atomic E-state index is 0.0509. The predicted octanol–water partition coefficient (Wildman–Crippen LogP) is 6.92. The predicted molar refractivity (Wildman–Crippen MR) is 153 cm³/mol. The second-order valence-corrected chi connectivity index (χ2v) is 13.2. The number of halogens is 1. The zero-order valence-corrected chi connectivity index (χ0v) is 24.4. The van der Waals surface area contributed by atoms with Crippen molar-refractivity contribution >= 4 is 45.7 Å². The van der Waals surface area contributed by atoms with Crippen LogP contribution in [0.1, 0.15) is 33.1 Å². The van der Waals surface area contributed by atoms with Crippen molar-refractivity contribution < 1.29 is 18.6 Å². The van der Waals surface area contributed by atoms with Gasteiger partial charge in [0.2, 0.25) is 7.37 Å². The van der Waals surface area contributed by atoms with Crippen LogP contribution >= 0.6 is 23.3 Å². The maximum absolute atomic E-state index is 12.7. The number of nitrogens with one attached hydrogen (secondary N) is 1. The van der Waals surface area contributed by atoms with Gasteiger partial charge in [-0.3, -0.25) is 9.46 Å². The largest absolute Gasteiger partial charge is 0.493 e. The number of fused-ring (bicyclic) bond motifs is 1. The number of nitrogens with zero attached hydrogens (tertiary/aromatic N) is 3. The van der Waals surface area contributed by atoms with Crippen molar-refractivity contribution in [2.75, 3.05) is 45.1 Å². The normalized spacial score (nSPS) is 17.3. The van der Waals surface area contributed by atoms with E-state index in [1.165, 1.54) is 0 Å². The number of anilines is 2. The zero-order valence-electron chi connectivity index (χ0n) is 21.9. The molecule has 1 aromatic heterocycles. The van der Waals surface area contributed by atoms with E-state index in [-0.39, 0.29) is 6.10 Å². The van der Waals surface area contributed by atoms with Crippen LogP contribution in [-0.2, 0) is 9.09 Å². The Morgan fingerprint density at radius 2 is 1.92 bits per heavy atom. The maximum Gasteiger partial charge on any atom is 0.216 e. The molecule has 0 spiro atoms. The van der Waals surface area contributed by atoms with E-state index >= 15 is 0 Å². The van der Waals surface area contributed by atoms with Gasteiger partial charge in [-0.15, -0.1) is 0 Å². The van der Waals surface area contributed by atoms with Gasteiger partial charge < -0.3 is 19.3 Å². The van der Waals surface area contributed by atoms with Crippen molar-refractivity contribution in [3.8, 4) is 11.5 Å². The van der Waals surface area contributed by atoms with Crippen molar-refractivity contribution in [1.82, 2.24) is 14.9 Å². The molecule has 1 aliphatic heterocycles. The van der Waals surface area contributed by atoms with Gasteiger partial charge in [0.25, 0.3) is 0 Å². The Hall–Kier alpha value is -2.19. The summed E-state index contributed by atoms with van der Waals surface area (Å²) in [6.07, 6.45) is 5.57. The van der Waals surface area contributed by atoms with E-state index in [0.29, 0.717) is 35.7 Å². The number of methoxy groups -OCH3 is 1. The van der Waals surface area contributed by atoms with Crippen LogP contribution in [0.15, 0.2) is 47.2 Å². The molecule has 0 radical (unpaired) electrons. The van der Waals surface area contributed by atoms with E-state index < -0.39 is 7.37 Å². The summed E-state index contributed by atoms with van der Waals surface area (Å²) in [5.74, 6) is 2.45. The van der Waals surface area contributed by atoms with Crippen molar-refractivity contribution in [3.05, 3.63) is 47.2 Å². The number of piperidine rings is 1. The molecule has 0 bridgehead atoms. The Morgan fingerprint density at radius 1 is 1.14 bits per heavy atom. The standard InChI is InChI=1S/C27H36BrN4O4P/c1-5-24(19-10-12-32(13-11-19)18-37(33,6-2)35-4)36-26-16-23-22(15-25(26)34-3)27(30-17-29-23)31-21-9-7-8-20(28)14-21/h7-9,14-17,19,24H,5-6,10-13,18H2,1-4H3,(H,29,30,31). The Bertz CT molecular complexity index is 1240. The average molecular weight is 591 g/mol. The van der Waals surface area contributed by atoms with E-state index in [1.54, 1.807) is 20.5 Å². The summed E-state index contributed by atoms with van der Waals surface area (Å²) in [6.45, 7) is 5.87. The number of benzene rings is 2. The summed E-state index contributed by atoms with van der Waals surface area (Å²) in [6, 6.07) is 11.8. The van der Waals surface area contributed by atoms with Gasteiger partial charge >= 0.3 is 0 Å². The lowest BCUT2D eigenvalue weighted by Gasteiger charge is -2.36. The number of likely N-dealkylation sites (tertiary alicyclic amines) is 1. The quantitative estimate of drug-likeness (QED) is 0.241. The van der Waals surface area contributed by atoms with Crippen LogP contribution < -0.4 is 14.8 Å². The molecule has 2 unspecified atom stereocenters. The monoisotopic (exact) mass is 590 g/mol. The highest BCUT2D eigenvalue weighted by Gasteiger charge is 2.31. The van der Waals surface area contributed by atoms with Gasteiger partial charge in [-0.2, -0.15) is 0 Å². The first-order valence-corrected chi connectivity index (χ1v) is 15.5. The lowest BCUT2D eigenvalue weighted by Crippen LogP contribution is -2.40. The zero-order chi connectivity index (χ0) is 26.4. The van der Waals surface area contributed by atoms with E-state index in [1.807, 2.05) is 43.3 Å². The van der Waals surface area contributed by atoms with Crippen LogP contribution in [0, 0.1) is 5.92 Å². The fourth-order valence-electron chi connectivity index (χ4n) is 4.85. The van der Waals surface area contributed by atoms with Crippen LogP contribution in [0.25, 0.3) is 10.9 Å². The smallest absolute Gasteiger partial charge is 0.216 e. The lowest BCUT2D eigenvalue weighted by atomic mass is 9.90. The fourth-order valence-corrected chi connectivity index (χ4v) is 6.72. The SMILES string of the molecule is CCC(Oc1cc2ncnc(Nc3cccc(Br)c3)c2cc1OC)C1CCN(CP(=O)(CC)OC)CC1. The van der Waals surface area contributed by atoms with Gasteiger partial charge in [0.15, 0.2) is 11.5 Å². The molecular weight excluding hydrogens is 555 g/mol. The van der Waals surface area contributed by atoms with Crippen LogP contribution in [0.2, 0.25) is 0 Å².